The SMILES string of the molecule is O=C(Nc1cncnc1NC1OCc2ccccc21)c1ccc(-c2cc(OC(F)(F)F)ccn2)cc1. The lowest BCUT2D eigenvalue weighted by Gasteiger charge is -2.17. The standard InChI is InChI=1S/C25H18F3N5O3/c26-25(27,28)36-18-9-10-30-20(11-18)15-5-7-16(8-6-15)23(34)32-21-12-29-14-31-22(21)33-24-19-4-2-1-3-17(19)13-35-24/h1-12,14,24H,13H2,(H,32,34)(H,29,31,33). The number of rotatable bonds is 6. The van der Waals surface area contributed by atoms with E-state index in [0.29, 0.717) is 29.2 Å². The van der Waals surface area contributed by atoms with Crippen LogP contribution in [-0.4, -0.2) is 27.2 Å². The summed E-state index contributed by atoms with van der Waals surface area (Å²) in [4.78, 5) is 25.2. The van der Waals surface area contributed by atoms with E-state index in [9.17, 15) is 18.0 Å². The molecule has 0 radical (unpaired) electrons. The fourth-order valence-corrected chi connectivity index (χ4v) is 3.72. The Morgan fingerprint density at radius 2 is 1.86 bits per heavy atom. The number of pyridine rings is 1. The number of carbonyl (C=O) groups excluding carboxylic acids is 1. The maximum atomic E-state index is 12.9. The van der Waals surface area contributed by atoms with Gasteiger partial charge in [0.2, 0.25) is 0 Å². The van der Waals surface area contributed by atoms with Crippen LogP contribution < -0.4 is 15.4 Å². The van der Waals surface area contributed by atoms with Gasteiger partial charge in [-0.05, 0) is 23.8 Å². The highest BCUT2D eigenvalue weighted by atomic mass is 19.4. The third-order valence-electron chi connectivity index (χ3n) is 5.38. The fraction of sp³-hybridized carbons (Fsp3) is 0.120. The molecule has 1 aliphatic heterocycles. The molecule has 1 aliphatic rings. The molecular weight excluding hydrogens is 475 g/mol. The first-order chi connectivity index (χ1) is 17.4. The number of alkyl halides is 3. The highest BCUT2D eigenvalue weighted by Gasteiger charge is 2.31. The van der Waals surface area contributed by atoms with E-state index < -0.39 is 18.5 Å². The molecule has 5 rings (SSSR count). The molecule has 182 valence electrons. The van der Waals surface area contributed by atoms with Crippen molar-refractivity contribution < 1.29 is 27.4 Å². The summed E-state index contributed by atoms with van der Waals surface area (Å²) in [7, 11) is 0. The lowest BCUT2D eigenvalue weighted by molar-refractivity contribution is -0.274. The zero-order valence-corrected chi connectivity index (χ0v) is 18.5. The number of carbonyl (C=O) groups is 1. The summed E-state index contributed by atoms with van der Waals surface area (Å²) in [5, 5.41) is 5.96. The number of hydrogen-bond acceptors (Lipinski definition) is 7. The second-order valence-electron chi connectivity index (χ2n) is 7.78. The van der Waals surface area contributed by atoms with Crippen molar-refractivity contribution in [3.8, 4) is 17.0 Å². The molecule has 2 N–H and O–H groups in total. The molecule has 1 atom stereocenters. The number of ether oxygens (including phenoxy) is 2. The number of amides is 1. The molecule has 2 aromatic heterocycles. The highest BCUT2D eigenvalue weighted by Crippen LogP contribution is 2.33. The van der Waals surface area contributed by atoms with Crippen molar-refractivity contribution in [1.82, 2.24) is 15.0 Å². The van der Waals surface area contributed by atoms with Crippen LogP contribution in [0.5, 0.6) is 5.75 Å². The number of nitrogens with zero attached hydrogens (tertiary/aromatic N) is 3. The van der Waals surface area contributed by atoms with Crippen LogP contribution in [0.3, 0.4) is 0 Å². The summed E-state index contributed by atoms with van der Waals surface area (Å²) in [5.74, 6) is -0.413. The normalized spacial score (nSPS) is 14.7. The van der Waals surface area contributed by atoms with Crippen molar-refractivity contribution in [3.63, 3.8) is 0 Å². The fourth-order valence-electron chi connectivity index (χ4n) is 3.72. The van der Waals surface area contributed by atoms with Gasteiger partial charge in [-0.3, -0.25) is 9.78 Å². The van der Waals surface area contributed by atoms with Crippen molar-refractivity contribution in [2.75, 3.05) is 10.6 Å². The van der Waals surface area contributed by atoms with E-state index in [4.69, 9.17) is 4.74 Å². The topological polar surface area (TPSA) is 98.3 Å². The molecule has 36 heavy (non-hydrogen) atoms. The van der Waals surface area contributed by atoms with E-state index in [-0.39, 0.29) is 11.4 Å². The van der Waals surface area contributed by atoms with Crippen molar-refractivity contribution >= 4 is 17.4 Å². The summed E-state index contributed by atoms with van der Waals surface area (Å²) in [6, 6.07) is 16.3. The summed E-state index contributed by atoms with van der Waals surface area (Å²) in [6.45, 7) is 0.465. The Hall–Kier alpha value is -4.51. The van der Waals surface area contributed by atoms with Crippen LogP contribution in [-0.2, 0) is 11.3 Å². The lowest BCUT2D eigenvalue weighted by atomic mass is 10.1. The molecule has 0 saturated carbocycles. The van der Waals surface area contributed by atoms with Crippen molar-refractivity contribution in [2.24, 2.45) is 0 Å². The highest BCUT2D eigenvalue weighted by molar-refractivity contribution is 6.05. The largest absolute Gasteiger partial charge is 0.573 e. The quantitative estimate of drug-likeness (QED) is 0.375. The first-order valence-electron chi connectivity index (χ1n) is 10.8. The molecule has 1 unspecified atom stereocenters. The van der Waals surface area contributed by atoms with Gasteiger partial charge in [-0.1, -0.05) is 36.4 Å². The number of nitrogens with one attached hydrogen (secondary N) is 2. The average molecular weight is 493 g/mol. The van der Waals surface area contributed by atoms with Crippen LogP contribution in [0, 0.1) is 0 Å². The Labute approximate surface area is 203 Å². The zero-order valence-electron chi connectivity index (χ0n) is 18.5. The Morgan fingerprint density at radius 1 is 1.06 bits per heavy atom. The molecule has 4 aromatic rings. The van der Waals surface area contributed by atoms with E-state index in [1.165, 1.54) is 36.9 Å². The predicted molar refractivity (Wildman–Crippen MR) is 124 cm³/mol. The molecule has 1 amide bonds. The number of benzene rings is 2. The minimum atomic E-state index is -4.80. The molecule has 0 spiro atoms. The lowest BCUT2D eigenvalue weighted by Crippen LogP contribution is -2.17. The number of fused-ring (bicyclic) bond motifs is 1. The van der Waals surface area contributed by atoms with Gasteiger partial charge in [0.15, 0.2) is 12.0 Å². The third kappa shape index (κ3) is 5.26. The second kappa shape index (κ2) is 9.62. The maximum absolute atomic E-state index is 12.9. The second-order valence-corrected chi connectivity index (χ2v) is 7.78. The molecule has 0 fully saturated rings. The van der Waals surface area contributed by atoms with Gasteiger partial charge in [-0.25, -0.2) is 9.97 Å². The zero-order chi connectivity index (χ0) is 25.1. The Morgan fingerprint density at radius 3 is 2.67 bits per heavy atom. The molecule has 0 bridgehead atoms. The summed E-state index contributed by atoms with van der Waals surface area (Å²) in [6.07, 6.45) is -1.18. The first kappa shape index (κ1) is 23.2. The van der Waals surface area contributed by atoms with Crippen LogP contribution in [0.4, 0.5) is 24.7 Å². The number of anilines is 2. The molecule has 0 aliphatic carbocycles. The Bertz CT molecular complexity index is 1400. The van der Waals surface area contributed by atoms with Gasteiger partial charge in [0, 0.05) is 29.0 Å². The monoisotopic (exact) mass is 493 g/mol. The number of halogens is 3. The minimum Gasteiger partial charge on any atom is -0.406 e. The third-order valence-corrected chi connectivity index (χ3v) is 5.38. The van der Waals surface area contributed by atoms with Gasteiger partial charge >= 0.3 is 6.36 Å². The maximum Gasteiger partial charge on any atom is 0.573 e. The minimum absolute atomic E-state index is 0.267. The predicted octanol–water partition coefficient (Wildman–Crippen LogP) is 5.33. The Kier molecular flexibility index (Phi) is 6.21. The summed E-state index contributed by atoms with van der Waals surface area (Å²) < 4.78 is 47.2. The van der Waals surface area contributed by atoms with Crippen molar-refractivity contribution in [3.05, 3.63) is 96.1 Å². The van der Waals surface area contributed by atoms with Gasteiger partial charge in [0.1, 0.15) is 17.8 Å². The number of aromatic nitrogens is 3. The first-order valence-corrected chi connectivity index (χ1v) is 10.8. The van der Waals surface area contributed by atoms with E-state index in [1.807, 2.05) is 24.3 Å². The number of hydrogen-bond donors (Lipinski definition) is 2. The van der Waals surface area contributed by atoms with Gasteiger partial charge in [0.05, 0.1) is 18.5 Å². The van der Waals surface area contributed by atoms with E-state index in [1.54, 1.807) is 12.1 Å². The van der Waals surface area contributed by atoms with Crippen LogP contribution in [0.1, 0.15) is 27.7 Å². The molecule has 11 heteroatoms. The van der Waals surface area contributed by atoms with E-state index >= 15 is 0 Å². The molecule has 2 aromatic carbocycles. The molecular formula is C25H18F3N5O3. The van der Waals surface area contributed by atoms with Crippen LogP contribution >= 0.6 is 0 Å². The van der Waals surface area contributed by atoms with E-state index in [2.05, 4.69) is 30.3 Å². The summed E-state index contributed by atoms with van der Waals surface area (Å²) in [5.41, 5.74) is 3.52. The van der Waals surface area contributed by atoms with Crippen molar-refractivity contribution in [1.29, 1.82) is 0 Å². The average Bonchev–Trinajstić information content (AvgIpc) is 3.27. The van der Waals surface area contributed by atoms with Crippen LogP contribution in [0.15, 0.2) is 79.4 Å². The van der Waals surface area contributed by atoms with Gasteiger partial charge < -0.3 is 20.1 Å². The molecule has 8 nitrogen and oxygen atoms in total. The smallest absolute Gasteiger partial charge is 0.406 e. The van der Waals surface area contributed by atoms with Gasteiger partial charge in [-0.2, -0.15) is 0 Å². The Balaban J connectivity index is 1.29. The molecule has 3 heterocycles. The van der Waals surface area contributed by atoms with Gasteiger partial charge in [0.25, 0.3) is 5.91 Å². The van der Waals surface area contributed by atoms with Crippen LogP contribution in [0.2, 0.25) is 0 Å². The van der Waals surface area contributed by atoms with E-state index in [0.717, 1.165) is 17.2 Å². The van der Waals surface area contributed by atoms with Gasteiger partial charge in [-0.15, -0.1) is 13.2 Å². The van der Waals surface area contributed by atoms with Crippen molar-refractivity contribution in [2.45, 2.75) is 19.2 Å². The summed E-state index contributed by atoms with van der Waals surface area (Å²) >= 11 is 0. The van der Waals surface area contributed by atoms with Crippen LogP contribution in [0.25, 0.3) is 11.3 Å². The molecule has 0 saturated heterocycles.